The molecule has 1 heterocycles. The molecule has 0 saturated carbocycles. The predicted molar refractivity (Wildman–Crippen MR) is 34.9 cm³/mol. The maximum Gasteiger partial charge on any atom is 0.157 e. The molecule has 2 unspecified atom stereocenters. The molecular formula is C7H14O2. The van der Waals surface area contributed by atoms with E-state index in [9.17, 15) is 0 Å². The highest BCUT2D eigenvalue weighted by Gasteiger charge is 2.38. The minimum atomic E-state index is -0.542. The van der Waals surface area contributed by atoms with Crippen LogP contribution in [-0.4, -0.2) is 18.0 Å². The van der Waals surface area contributed by atoms with Gasteiger partial charge in [-0.15, -0.1) is 0 Å². The second-order valence-corrected chi connectivity index (χ2v) is 3.48. The van der Waals surface area contributed by atoms with Crippen molar-refractivity contribution < 1.29 is 9.84 Å². The van der Waals surface area contributed by atoms with Crippen LogP contribution in [0.1, 0.15) is 20.8 Å². The van der Waals surface area contributed by atoms with Crippen LogP contribution in [0.3, 0.4) is 0 Å². The standard InChI is InChI=1S/C7H14O2/c1-5-6(8)9-4-7(5,2)3/h5-6,8H,4H2,1-3H3. The van der Waals surface area contributed by atoms with Gasteiger partial charge in [0.2, 0.25) is 0 Å². The van der Waals surface area contributed by atoms with E-state index in [1.54, 1.807) is 0 Å². The van der Waals surface area contributed by atoms with E-state index >= 15 is 0 Å². The topological polar surface area (TPSA) is 29.5 Å². The van der Waals surface area contributed by atoms with Crippen LogP contribution in [0.5, 0.6) is 0 Å². The van der Waals surface area contributed by atoms with Gasteiger partial charge in [0, 0.05) is 5.92 Å². The van der Waals surface area contributed by atoms with Gasteiger partial charge in [0.05, 0.1) is 6.61 Å². The van der Waals surface area contributed by atoms with Gasteiger partial charge in [0.1, 0.15) is 0 Å². The van der Waals surface area contributed by atoms with Gasteiger partial charge in [0.15, 0.2) is 6.29 Å². The summed E-state index contributed by atoms with van der Waals surface area (Å²) in [6.07, 6.45) is -0.542. The lowest BCUT2D eigenvalue weighted by atomic mass is 9.83. The fourth-order valence-electron chi connectivity index (χ4n) is 0.962. The molecule has 0 aromatic heterocycles. The molecule has 0 aromatic rings. The summed E-state index contributed by atoms with van der Waals surface area (Å²) in [5.74, 6) is 0.262. The number of aliphatic hydroxyl groups is 1. The molecule has 2 heteroatoms. The molecule has 1 rings (SSSR count). The first-order valence-corrected chi connectivity index (χ1v) is 3.34. The van der Waals surface area contributed by atoms with Crippen molar-refractivity contribution in [2.24, 2.45) is 11.3 Å². The summed E-state index contributed by atoms with van der Waals surface area (Å²) >= 11 is 0. The highest BCUT2D eigenvalue weighted by Crippen LogP contribution is 2.35. The molecule has 0 bridgehead atoms. The van der Waals surface area contributed by atoms with E-state index < -0.39 is 6.29 Å². The van der Waals surface area contributed by atoms with E-state index in [0.29, 0.717) is 6.61 Å². The second-order valence-electron chi connectivity index (χ2n) is 3.48. The molecule has 1 aliphatic rings. The monoisotopic (exact) mass is 130 g/mol. The lowest BCUT2D eigenvalue weighted by Gasteiger charge is -2.21. The molecular weight excluding hydrogens is 116 g/mol. The SMILES string of the molecule is CC1C(O)OCC1(C)C. The van der Waals surface area contributed by atoms with E-state index in [1.807, 2.05) is 6.92 Å². The summed E-state index contributed by atoms with van der Waals surface area (Å²) in [6, 6.07) is 0. The molecule has 2 nitrogen and oxygen atoms in total. The Kier molecular flexibility index (Phi) is 1.53. The molecule has 0 aliphatic carbocycles. The molecule has 0 radical (unpaired) electrons. The van der Waals surface area contributed by atoms with Crippen molar-refractivity contribution in [3.8, 4) is 0 Å². The summed E-state index contributed by atoms with van der Waals surface area (Å²) < 4.78 is 5.04. The number of hydrogen-bond acceptors (Lipinski definition) is 2. The third kappa shape index (κ3) is 1.10. The average Bonchev–Trinajstić information content (AvgIpc) is 1.97. The third-order valence-corrected chi connectivity index (χ3v) is 2.29. The summed E-state index contributed by atoms with van der Waals surface area (Å²) in [6.45, 7) is 6.90. The molecule has 54 valence electrons. The van der Waals surface area contributed by atoms with Gasteiger partial charge in [-0.1, -0.05) is 20.8 Å². The highest BCUT2D eigenvalue weighted by molar-refractivity contribution is 4.82. The van der Waals surface area contributed by atoms with Crippen molar-refractivity contribution in [1.29, 1.82) is 0 Å². The van der Waals surface area contributed by atoms with Crippen LogP contribution in [-0.2, 0) is 4.74 Å². The molecule has 1 aliphatic heterocycles. The average molecular weight is 130 g/mol. The summed E-state index contributed by atoms with van der Waals surface area (Å²) in [5.41, 5.74) is 0.152. The maximum atomic E-state index is 9.11. The molecule has 9 heavy (non-hydrogen) atoms. The Labute approximate surface area is 55.8 Å². The van der Waals surface area contributed by atoms with Crippen molar-refractivity contribution in [2.75, 3.05) is 6.61 Å². The fraction of sp³-hybridized carbons (Fsp3) is 1.00. The lowest BCUT2D eigenvalue weighted by molar-refractivity contribution is -0.0788. The van der Waals surface area contributed by atoms with Crippen molar-refractivity contribution in [3.63, 3.8) is 0 Å². The van der Waals surface area contributed by atoms with E-state index in [2.05, 4.69) is 13.8 Å². The normalized spacial score (nSPS) is 41.3. The predicted octanol–water partition coefficient (Wildman–Crippen LogP) is 0.997. The molecule has 1 N–H and O–H groups in total. The summed E-state index contributed by atoms with van der Waals surface area (Å²) in [7, 11) is 0. The van der Waals surface area contributed by atoms with Gasteiger partial charge in [0.25, 0.3) is 0 Å². The van der Waals surface area contributed by atoms with Gasteiger partial charge in [-0.3, -0.25) is 0 Å². The Balaban J connectivity index is 2.62. The quantitative estimate of drug-likeness (QED) is 0.530. The van der Waals surface area contributed by atoms with Crippen LogP contribution < -0.4 is 0 Å². The van der Waals surface area contributed by atoms with E-state index in [4.69, 9.17) is 9.84 Å². The smallest absolute Gasteiger partial charge is 0.157 e. The molecule has 0 aromatic carbocycles. The van der Waals surface area contributed by atoms with Crippen LogP contribution in [0.25, 0.3) is 0 Å². The Morgan fingerprint density at radius 2 is 2.11 bits per heavy atom. The van der Waals surface area contributed by atoms with Gasteiger partial charge in [-0.05, 0) is 5.41 Å². The molecule has 0 spiro atoms. The zero-order valence-electron chi connectivity index (χ0n) is 6.22. The molecule has 0 amide bonds. The minimum Gasteiger partial charge on any atom is -0.368 e. The number of hydrogen-bond donors (Lipinski definition) is 1. The first-order valence-electron chi connectivity index (χ1n) is 3.34. The Morgan fingerprint density at radius 3 is 2.22 bits per heavy atom. The van der Waals surface area contributed by atoms with Gasteiger partial charge in [-0.25, -0.2) is 0 Å². The van der Waals surface area contributed by atoms with Crippen molar-refractivity contribution in [2.45, 2.75) is 27.1 Å². The fourth-order valence-corrected chi connectivity index (χ4v) is 0.962. The Bertz CT molecular complexity index is 109. The minimum absolute atomic E-state index is 0.152. The molecule has 1 saturated heterocycles. The van der Waals surface area contributed by atoms with Crippen LogP contribution in [0.15, 0.2) is 0 Å². The third-order valence-electron chi connectivity index (χ3n) is 2.29. The van der Waals surface area contributed by atoms with Crippen molar-refractivity contribution >= 4 is 0 Å². The lowest BCUT2D eigenvalue weighted by Crippen LogP contribution is -2.23. The van der Waals surface area contributed by atoms with E-state index in [0.717, 1.165) is 0 Å². The Morgan fingerprint density at radius 1 is 1.56 bits per heavy atom. The summed E-state index contributed by atoms with van der Waals surface area (Å²) in [4.78, 5) is 0. The zero-order valence-corrected chi connectivity index (χ0v) is 6.22. The number of rotatable bonds is 0. The first kappa shape index (κ1) is 7.03. The van der Waals surface area contributed by atoms with Crippen LogP contribution in [0.4, 0.5) is 0 Å². The second kappa shape index (κ2) is 1.96. The number of ether oxygens (including phenoxy) is 1. The maximum absolute atomic E-state index is 9.11. The molecule has 2 atom stereocenters. The van der Waals surface area contributed by atoms with Gasteiger partial charge >= 0.3 is 0 Å². The highest BCUT2D eigenvalue weighted by atomic mass is 16.6. The van der Waals surface area contributed by atoms with E-state index in [-0.39, 0.29) is 11.3 Å². The molecule has 1 fully saturated rings. The van der Waals surface area contributed by atoms with E-state index in [1.165, 1.54) is 0 Å². The van der Waals surface area contributed by atoms with Crippen LogP contribution in [0, 0.1) is 11.3 Å². The largest absolute Gasteiger partial charge is 0.368 e. The van der Waals surface area contributed by atoms with Crippen molar-refractivity contribution in [3.05, 3.63) is 0 Å². The summed E-state index contributed by atoms with van der Waals surface area (Å²) in [5, 5.41) is 9.11. The Hall–Kier alpha value is -0.0800. The first-order chi connectivity index (χ1) is 4.04. The van der Waals surface area contributed by atoms with Gasteiger partial charge < -0.3 is 9.84 Å². The van der Waals surface area contributed by atoms with Crippen LogP contribution >= 0.6 is 0 Å². The zero-order chi connectivity index (χ0) is 7.07. The van der Waals surface area contributed by atoms with Crippen molar-refractivity contribution in [1.82, 2.24) is 0 Å². The van der Waals surface area contributed by atoms with Crippen LogP contribution in [0.2, 0.25) is 0 Å². The van der Waals surface area contributed by atoms with Gasteiger partial charge in [-0.2, -0.15) is 0 Å². The number of aliphatic hydroxyl groups excluding tert-OH is 1.